The minimum Gasteiger partial charge on any atom is -0.333 e. The summed E-state index contributed by atoms with van der Waals surface area (Å²) in [6.07, 6.45) is 6.08. The SMILES string of the molecule is CC1=CC2=NCC(C(=O)c3ccc(Cl)cc3)CN2C=C1.[O-][Cl+3]([O-])([O-])O. The maximum atomic E-state index is 12.5. The van der Waals surface area contributed by atoms with E-state index in [9.17, 15) is 4.79 Å². The van der Waals surface area contributed by atoms with Crippen LogP contribution in [0.3, 0.4) is 0 Å². The van der Waals surface area contributed by atoms with Crippen molar-refractivity contribution in [3.8, 4) is 0 Å². The van der Waals surface area contributed by atoms with E-state index in [0.29, 0.717) is 23.7 Å². The zero-order chi connectivity index (χ0) is 18.6. The molecule has 0 spiro atoms. The van der Waals surface area contributed by atoms with Gasteiger partial charge in [0.1, 0.15) is 5.84 Å². The summed E-state index contributed by atoms with van der Waals surface area (Å²) in [5.41, 5.74) is 1.88. The number of fused-ring (bicyclic) bond motifs is 1. The van der Waals surface area contributed by atoms with Crippen molar-refractivity contribution in [2.45, 2.75) is 6.92 Å². The highest BCUT2D eigenvalue weighted by Gasteiger charge is 2.27. The number of rotatable bonds is 2. The number of amidine groups is 1. The summed E-state index contributed by atoms with van der Waals surface area (Å²) in [5.74, 6) is 0.977. The quantitative estimate of drug-likeness (QED) is 0.664. The Morgan fingerprint density at radius 2 is 1.92 bits per heavy atom. The van der Waals surface area contributed by atoms with Crippen molar-refractivity contribution in [3.05, 3.63) is 58.8 Å². The van der Waals surface area contributed by atoms with E-state index in [0.717, 1.165) is 5.84 Å². The molecule has 1 atom stereocenters. The molecule has 9 heteroatoms. The van der Waals surface area contributed by atoms with E-state index in [4.69, 9.17) is 30.2 Å². The summed E-state index contributed by atoms with van der Waals surface area (Å²) in [6.45, 7) is 3.27. The third-order valence-electron chi connectivity index (χ3n) is 3.56. The Balaban J connectivity index is 0.000000399. The molecule has 2 heterocycles. The minimum absolute atomic E-state index is 0.101. The van der Waals surface area contributed by atoms with Crippen LogP contribution in [0.25, 0.3) is 0 Å². The largest absolute Gasteiger partial charge is 0.333 e. The molecule has 1 N–H and O–H groups in total. The van der Waals surface area contributed by atoms with Crippen LogP contribution in [0.4, 0.5) is 0 Å². The lowest BCUT2D eigenvalue weighted by atomic mass is 9.95. The van der Waals surface area contributed by atoms with Gasteiger partial charge in [-0.25, -0.2) is 0 Å². The minimum atomic E-state index is -4.69. The lowest BCUT2D eigenvalue weighted by molar-refractivity contribution is -1.92. The van der Waals surface area contributed by atoms with Gasteiger partial charge in [0.05, 0.1) is 27.4 Å². The highest BCUT2D eigenvalue weighted by atomic mass is 35.7. The zero-order valence-electron chi connectivity index (χ0n) is 13.3. The molecular weight excluding hydrogens is 371 g/mol. The molecule has 1 aromatic rings. The van der Waals surface area contributed by atoms with E-state index in [2.05, 4.69) is 4.99 Å². The fourth-order valence-corrected chi connectivity index (χ4v) is 2.55. The molecule has 0 aromatic heterocycles. The van der Waals surface area contributed by atoms with Crippen molar-refractivity contribution < 1.29 is 33.7 Å². The van der Waals surface area contributed by atoms with Gasteiger partial charge in [-0.05, 0) is 48.9 Å². The van der Waals surface area contributed by atoms with E-state index >= 15 is 0 Å². The van der Waals surface area contributed by atoms with Crippen molar-refractivity contribution in [2.24, 2.45) is 10.9 Å². The average molecular weight is 387 g/mol. The van der Waals surface area contributed by atoms with Crippen LogP contribution in [0.2, 0.25) is 5.02 Å². The van der Waals surface area contributed by atoms with Crippen molar-refractivity contribution >= 4 is 23.2 Å². The standard InChI is InChI=1S/C16H15ClN2O.ClHO4/c1-11-6-7-19-10-13(9-18-15(19)8-11)16(20)12-2-4-14(17)5-3-12;2-1(3,4)5/h2-8,13H,9-10H2,1H3;(H,2,3,4,5). The Bertz CT molecular complexity index is 717. The predicted molar refractivity (Wildman–Crippen MR) is 83.4 cm³/mol. The molecular formula is C16H16Cl2N2O5. The van der Waals surface area contributed by atoms with Crippen LogP contribution in [0.1, 0.15) is 17.3 Å². The Morgan fingerprint density at radius 1 is 1.32 bits per heavy atom. The topological polar surface area (TPSA) is 122 Å². The van der Waals surface area contributed by atoms with E-state index in [1.807, 2.05) is 30.2 Å². The van der Waals surface area contributed by atoms with Gasteiger partial charge in [-0.15, -0.1) is 0 Å². The molecule has 7 nitrogen and oxygen atoms in total. The van der Waals surface area contributed by atoms with Gasteiger partial charge in [-0.3, -0.25) is 9.79 Å². The molecule has 0 bridgehead atoms. The van der Waals surface area contributed by atoms with Gasteiger partial charge in [0.15, 0.2) is 5.78 Å². The van der Waals surface area contributed by atoms with Crippen LogP contribution in [0.5, 0.6) is 0 Å². The Kier molecular flexibility index (Phi) is 6.34. The van der Waals surface area contributed by atoms with Crippen molar-refractivity contribution in [3.63, 3.8) is 0 Å². The number of hydrogen-bond donors (Lipinski definition) is 1. The van der Waals surface area contributed by atoms with Crippen molar-refractivity contribution in [1.82, 2.24) is 4.90 Å². The first-order valence-corrected chi connectivity index (χ1v) is 8.88. The Hall–Kier alpha value is -1.74. The number of ketones is 1. The zero-order valence-corrected chi connectivity index (χ0v) is 14.8. The first kappa shape index (κ1) is 19.6. The highest BCUT2D eigenvalue weighted by molar-refractivity contribution is 6.30. The van der Waals surface area contributed by atoms with E-state index in [1.165, 1.54) is 5.57 Å². The summed E-state index contributed by atoms with van der Waals surface area (Å²) in [5, 5.41) is 0.644. The van der Waals surface area contributed by atoms with Crippen LogP contribution < -0.4 is 14.0 Å². The normalized spacial score (nSPS) is 19.3. The molecule has 0 radical (unpaired) electrons. The van der Waals surface area contributed by atoms with Crippen LogP contribution >= 0.6 is 11.6 Å². The van der Waals surface area contributed by atoms with E-state index < -0.39 is 10.2 Å². The number of allylic oxidation sites excluding steroid dienone is 2. The fourth-order valence-electron chi connectivity index (χ4n) is 2.42. The number of nitrogens with zero attached hydrogens (tertiary/aromatic N) is 2. The summed E-state index contributed by atoms with van der Waals surface area (Å²) < 4.78 is 32.7. The molecule has 0 saturated carbocycles. The molecule has 1 aromatic carbocycles. The molecule has 0 saturated heterocycles. The second-order valence-corrected chi connectivity index (χ2v) is 6.75. The number of Topliss-reactive ketones (excluding diaryl/α,β-unsaturated/α-hetero) is 1. The third-order valence-corrected chi connectivity index (χ3v) is 3.81. The number of carbonyl (C=O) groups excluding carboxylic acids is 1. The predicted octanol–water partition coefficient (Wildman–Crippen LogP) is -0.797. The summed E-state index contributed by atoms with van der Waals surface area (Å²) in [7, 11) is -4.69. The molecule has 25 heavy (non-hydrogen) atoms. The van der Waals surface area contributed by atoms with Crippen molar-refractivity contribution in [1.29, 1.82) is 0 Å². The maximum absolute atomic E-state index is 12.5. The van der Waals surface area contributed by atoms with Gasteiger partial charge < -0.3 is 4.90 Å². The summed E-state index contributed by atoms with van der Waals surface area (Å²) in [6, 6.07) is 7.05. The molecule has 0 fully saturated rings. The van der Waals surface area contributed by atoms with Gasteiger partial charge >= 0.3 is 0 Å². The number of halogens is 2. The lowest BCUT2D eigenvalue weighted by Crippen LogP contribution is -2.58. The highest BCUT2D eigenvalue weighted by Crippen LogP contribution is 2.20. The molecule has 0 aliphatic carbocycles. The molecule has 134 valence electrons. The first-order valence-electron chi connectivity index (χ1n) is 7.24. The monoisotopic (exact) mass is 386 g/mol. The van der Waals surface area contributed by atoms with E-state index in [1.54, 1.807) is 24.3 Å². The number of benzene rings is 1. The smallest absolute Gasteiger partial charge is 0.169 e. The molecule has 3 rings (SSSR count). The molecule has 1 unspecified atom stereocenters. The van der Waals surface area contributed by atoms with Gasteiger partial charge in [0, 0.05) is 23.3 Å². The number of carbonyl (C=O) groups is 1. The van der Waals surface area contributed by atoms with Gasteiger partial charge in [-0.2, -0.15) is 14.0 Å². The molecule has 2 aliphatic rings. The van der Waals surface area contributed by atoms with Crippen molar-refractivity contribution in [2.75, 3.05) is 13.1 Å². The number of hydrogen-bond acceptors (Lipinski definition) is 7. The third kappa shape index (κ3) is 6.24. The van der Waals surface area contributed by atoms with Crippen LogP contribution in [0.15, 0.2) is 53.2 Å². The second-order valence-electron chi connectivity index (χ2n) is 5.52. The average Bonchev–Trinajstić information content (AvgIpc) is 2.53. The second kappa shape index (κ2) is 8.09. The Morgan fingerprint density at radius 3 is 2.52 bits per heavy atom. The fraction of sp³-hybridized carbons (Fsp3) is 0.250. The van der Waals surface area contributed by atoms with E-state index in [-0.39, 0.29) is 11.7 Å². The van der Waals surface area contributed by atoms with Gasteiger partial charge in [0.25, 0.3) is 0 Å². The van der Waals surface area contributed by atoms with Gasteiger partial charge in [0.2, 0.25) is 0 Å². The maximum Gasteiger partial charge on any atom is 0.169 e. The molecule has 2 aliphatic heterocycles. The summed E-state index contributed by atoms with van der Waals surface area (Å²) >= 11 is 5.85. The van der Waals surface area contributed by atoms with Gasteiger partial charge in [-0.1, -0.05) is 11.6 Å². The first-order chi connectivity index (χ1) is 11.6. The lowest BCUT2D eigenvalue weighted by Gasteiger charge is -2.31. The van der Waals surface area contributed by atoms with Crippen LogP contribution in [0, 0.1) is 16.2 Å². The molecule has 0 amide bonds. The summed E-state index contributed by atoms with van der Waals surface area (Å²) in [4.78, 5) is 19.0. The number of aliphatic imine (C=N–C) groups is 1. The Labute approximate surface area is 151 Å². The van der Waals surface area contributed by atoms with Crippen LogP contribution in [-0.4, -0.2) is 34.3 Å². The van der Waals surface area contributed by atoms with Crippen LogP contribution in [-0.2, 0) is 0 Å².